The topological polar surface area (TPSA) is 46.5 Å². The van der Waals surface area contributed by atoms with Gasteiger partial charge in [-0.1, -0.05) is 76.7 Å². The van der Waals surface area contributed by atoms with E-state index in [1.54, 1.807) is 0 Å². The van der Waals surface area contributed by atoms with Gasteiger partial charge in [0.25, 0.3) is 0 Å². The largest absolute Gasteiger partial charge is 0.461 e. The van der Waals surface area contributed by atoms with E-state index in [0.29, 0.717) is 6.42 Å². The number of aliphatic hydroxyl groups is 1. The quantitative estimate of drug-likeness (QED) is 0.178. The Balaban J connectivity index is 1.86. The monoisotopic (exact) mass is 378 g/mol. The highest BCUT2D eigenvalue weighted by Gasteiger charge is 2.41. The third-order valence-corrected chi connectivity index (χ3v) is 5.45. The maximum absolute atomic E-state index is 11.2. The summed E-state index contributed by atoms with van der Waals surface area (Å²) in [5.74, 6) is -0.0731. The molecule has 0 aromatic carbocycles. The lowest BCUT2D eigenvalue weighted by Gasteiger charge is -2.35. The summed E-state index contributed by atoms with van der Waals surface area (Å²) in [6, 6.07) is 0. The molecular formula is C24H42O3. The summed E-state index contributed by atoms with van der Waals surface area (Å²) in [6.07, 6.45) is 24.5. The maximum Gasteiger partial charge on any atom is 0.313 e. The van der Waals surface area contributed by atoms with E-state index in [9.17, 15) is 9.90 Å². The van der Waals surface area contributed by atoms with E-state index in [2.05, 4.69) is 31.2 Å². The predicted octanol–water partition coefficient (Wildman–Crippen LogP) is 6.50. The van der Waals surface area contributed by atoms with Gasteiger partial charge in [-0.05, 0) is 44.9 Å². The molecular weight excluding hydrogens is 336 g/mol. The second-order valence-electron chi connectivity index (χ2n) is 7.90. The number of ether oxygens (including phenoxy) is 1. The molecule has 3 heteroatoms. The van der Waals surface area contributed by atoms with E-state index in [-0.39, 0.29) is 24.1 Å². The van der Waals surface area contributed by atoms with Crippen molar-refractivity contribution in [3.8, 4) is 0 Å². The lowest BCUT2D eigenvalue weighted by Crippen LogP contribution is -2.46. The third kappa shape index (κ3) is 11.4. The average molecular weight is 379 g/mol. The molecule has 1 aliphatic rings. The lowest BCUT2D eigenvalue weighted by molar-refractivity contribution is -0.188. The van der Waals surface area contributed by atoms with Crippen LogP contribution in [0.15, 0.2) is 24.3 Å². The number of hydrogen-bond donors (Lipinski definition) is 1. The smallest absolute Gasteiger partial charge is 0.313 e. The zero-order valence-electron chi connectivity index (χ0n) is 17.7. The molecule has 0 aliphatic carbocycles. The van der Waals surface area contributed by atoms with Gasteiger partial charge in [-0.2, -0.15) is 0 Å². The Morgan fingerprint density at radius 2 is 1.56 bits per heavy atom. The second-order valence-corrected chi connectivity index (χ2v) is 7.90. The first-order valence-corrected chi connectivity index (χ1v) is 11.4. The van der Waals surface area contributed by atoms with Crippen molar-refractivity contribution in [1.82, 2.24) is 0 Å². The van der Waals surface area contributed by atoms with E-state index >= 15 is 0 Å². The molecule has 1 saturated heterocycles. The van der Waals surface area contributed by atoms with Crippen LogP contribution in [-0.2, 0) is 9.53 Å². The molecule has 0 saturated carbocycles. The molecule has 3 atom stereocenters. The van der Waals surface area contributed by atoms with Crippen molar-refractivity contribution in [3.05, 3.63) is 24.3 Å². The van der Waals surface area contributed by atoms with Crippen LogP contribution in [-0.4, -0.2) is 23.3 Å². The highest BCUT2D eigenvalue weighted by Crippen LogP contribution is 2.29. The predicted molar refractivity (Wildman–Crippen MR) is 114 cm³/mol. The molecule has 27 heavy (non-hydrogen) atoms. The third-order valence-electron chi connectivity index (χ3n) is 5.45. The van der Waals surface area contributed by atoms with E-state index in [0.717, 1.165) is 25.7 Å². The summed E-state index contributed by atoms with van der Waals surface area (Å²) in [7, 11) is 0. The number of hydrogen-bond acceptors (Lipinski definition) is 3. The lowest BCUT2D eigenvalue weighted by atomic mass is 9.89. The number of esters is 1. The van der Waals surface area contributed by atoms with Crippen LogP contribution in [0.1, 0.15) is 104 Å². The molecule has 0 amide bonds. The SMILES string of the molecule is CCCCC/C=C\C/C=C\CCCCCCCC(O)CC1OC(=O)C1CC. The van der Waals surface area contributed by atoms with E-state index in [1.807, 2.05) is 6.92 Å². The van der Waals surface area contributed by atoms with Gasteiger partial charge < -0.3 is 9.84 Å². The fourth-order valence-electron chi connectivity index (χ4n) is 3.62. The van der Waals surface area contributed by atoms with Gasteiger partial charge in [0.2, 0.25) is 0 Å². The summed E-state index contributed by atoms with van der Waals surface area (Å²) in [6.45, 7) is 4.25. The van der Waals surface area contributed by atoms with Gasteiger partial charge in [0, 0.05) is 6.42 Å². The molecule has 1 N–H and O–H groups in total. The van der Waals surface area contributed by atoms with E-state index < -0.39 is 0 Å². The minimum Gasteiger partial charge on any atom is -0.461 e. The molecule has 3 unspecified atom stereocenters. The van der Waals surface area contributed by atoms with Crippen LogP contribution in [0.3, 0.4) is 0 Å². The van der Waals surface area contributed by atoms with Gasteiger partial charge in [-0.25, -0.2) is 0 Å². The van der Waals surface area contributed by atoms with Crippen LogP contribution >= 0.6 is 0 Å². The number of aliphatic hydroxyl groups excluding tert-OH is 1. The summed E-state index contributed by atoms with van der Waals surface area (Å²) in [5.41, 5.74) is 0. The Labute approximate surface area is 167 Å². The molecule has 3 nitrogen and oxygen atoms in total. The summed E-state index contributed by atoms with van der Waals surface area (Å²) < 4.78 is 5.13. The van der Waals surface area contributed by atoms with Crippen molar-refractivity contribution in [3.63, 3.8) is 0 Å². The number of unbranched alkanes of at least 4 members (excludes halogenated alkanes) is 8. The van der Waals surface area contributed by atoms with Gasteiger partial charge in [-0.15, -0.1) is 0 Å². The van der Waals surface area contributed by atoms with Crippen LogP contribution in [0.2, 0.25) is 0 Å². The number of carbonyl (C=O) groups excluding carboxylic acids is 1. The molecule has 0 aromatic rings. The molecule has 1 heterocycles. The Morgan fingerprint density at radius 1 is 0.926 bits per heavy atom. The molecule has 0 aromatic heterocycles. The highest BCUT2D eigenvalue weighted by molar-refractivity contribution is 5.78. The molecule has 0 spiro atoms. The van der Waals surface area contributed by atoms with Gasteiger partial charge >= 0.3 is 5.97 Å². The fraction of sp³-hybridized carbons (Fsp3) is 0.792. The van der Waals surface area contributed by atoms with Crippen molar-refractivity contribution in [2.75, 3.05) is 0 Å². The number of carbonyl (C=O) groups is 1. The summed E-state index contributed by atoms with van der Waals surface area (Å²) in [5, 5.41) is 10.1. The molecule has 0 radical (unpaired) electrons. The zero-order chi connectivity index (χ0) is 19.7. The molecule has 0 bridgehead atoms. The average Bonchev–Trinajstić information content (AvgIpc) is 2.64. The van der Waals surface area contributed by atoms with Crippen molar-refractivity contribution in [2.45, 2.75) is 116 Å². The van der Waals surface area contributed by atoms with Crippen molar-refractivity contribution in [2.24, 2.45) is 5.92 Å². The van der Waals surface area contributed by atoms with Gasteiger partial charge in [0.15, 0.2) is 0 Å². The number of rotatable bonds is 17. The number of allylic oxidation sites excluding steroid dienone is 4. The first-order valence-electron chi connectivity index (χ1n) is 11.4. The van der Waals surface area contributed by atoms with E-state index in [4.69, 9.17) is 4.74 Å². The van der Waals surface area contributed by atoms with Crippen molar-refractivity contribution in [1.29, 1.82) is 0 Å². The first-order chi connectivity index (χ1) is 13.2. The Hall–Kier alpha value is -1.09. The summed E-state index contributed by atoms with van der Waals surface area (Å²) >= 11 is 0. The van der Waals surface area contributed by atoms with Gasteiger partial charge in [-0.3, -0.25) is 4.79 Å². The van der Waals surface area contributed by atoms with Gasteiger partial charge in [0.05, 0.1) is 12.0 Å². The fourth-order valence-corrected chi connectivity index (χ4v) is 3.62. The molecule has 1 aliphatic heterocycles. The minimum absolute atomic E-state index is 0.0178. The van der Waals surface area contributed by atoms with Crippen LogP contribution in [0.5, 0.6) is 0 Å². The zero-order valence-corrected chi connectivity index (χ0v) is 17.7. The molecule has 1 rings (SSSR count). The van der Waals surface area contributed by atoms with Gasteiger partial charge in [0.1, 0.15) is 6.10 Å². The van der Waals surface area contributed by atoms with Crippen molar-refractivity contribution >= 4 is 5.97 Å². The standard InChI is InChI=1S/C24H42O3/c1-3-5-6-7-8-9-10-11-12-13-14-15-16-17-18-19-21(25)20-23-22(4-2)24(26)27-23/h8-9,11-12,21-23,25H,3-7,10,13-20H2,1-2H3/b9-8-,12-11-. The number of cyclic esters (lactones) is 1. The molecule has 1 fully saturated rings. The van der Waals surface area contributed by atoms with Crippen LogP contribution in [0.4, 0.5) is 0 Å². The highest BCUT2D eigenvalue weighted by atomic mass is 16.6. The maximum atomic E-state index is 11.2. The molecule has 156 valence electrons. The second kappa shape index (κ2) is 15.9. The Kier molecular flexibility index (Phi) is 14.1. The summed E-state index contributed by atoms with van der Waals surface area (Å²) in [4.78, 5) is 11.2. The Bertz CT molecular complexity index is 427. The van der Waals surface area contributed by atoms with Crippen molar-refractivity contribution < 1.29 is 14.6 Å². The Morgan fingerprint density at radius 3 is 2.19 bits per heavy atom. The minimum atomic E-state index is -0.324. The van der Waals surface area contributed by atoms with Crippen LogP contribution in [0, 0.1) is 5.92 Å². The first kappa shape index (κ1) is 23.9. The van der Waals surface area contributed by atoms with E-state index in [1.165, 1.54) is 57.8 Å². The normalized spacial score (nSPS) is 20.9. The van der Waals surface area contributed by atoms with Crippen LogP contribution in [0.25, 0.3) is 0 Å². The van der Waals surface area contributed by atoms with Crippen LogP contribution < -0.4 is 0 Å².